The Balaban J connectivity index is 2.13. The minimum Gasteiger partial charge on any atom is -0.391 e. The number of nitrogens with zero attached hydrogens (tertiary/aromatic N) is 2. The van der Waals surface area contributed by atoms with Crippen LogP contribution in [0.5, 0.6) is 0 Å². The van der Waals surface area contributed by atoms with Crippen LogP contribution in [0, 0.1) is 0 Å². The highest BCUT2D eigenvalue weighted by molar-refractivity contribution is 7.72. The second kappa shape index (κ2) is 6.79. The summed E-state index contributed by atoms with van der Waals surface area (Å²) in [5.74, 6) is 0.475. The molecule has 1 saturated heterocycles. The third-order valence-corrected chi connectivity index (χ3v) is 5.44. The van der Waals surface area contributed by atoms with Gasteiger partial charge < -0.3 is 30.7 Å². The predicted molar refractivity (Wildman–Crippen MR) is 93.8 cm³/mol. The summed E-state index contributed by atoms with van der Waals surface area (Å²) in [5.41, 5.74) is 6.12. The zero-order valence-corrected chi connectivity index (χ0v) is 14.5. The maximum absolute atomic E-state index is 10.3. The molecule has 0 aromatic rings. The fourth-order valence-corrected chi connectivity index (χ4v) is 3.55. The van der Waals surface area contributed by atoms with E-state index in [-0.39, 0.29) is 12.4 Å². The van der Waals surface area contributed by atoms with Crippen LogP contribution in [0.2, 0.25) is 0 Å². The molecule has 0 spiro atoms. The highest BCUT2D eigenvalue weighted by Gasteiger charge is 2.45. The maximum Gasteiger partial charge on any atom is 0.164 e. The van der Waals surface area contributed by atoms with Crippen molar-refractivity contribution in [1.82, 2.24) is 4.90 Å². The van der Waals surface area contributed by atoms with Crippen molar-refractivity contribution in [2.75, 3.05) is 26.1 Å². The lowest BCUT2D eigenvalue weighted by Gasteiger charge is -2.32. The first kappa shape index (κ1) is 18.2. The third kappa shape index (κ3) is 4.05. The lowest BCUT2D eigenvalue weighted by Crippen LogP contribution is -2.43. The van der Waals surface area contributed by atoms with Gasteiger partial charge in [0.2, 0.25) is 0 Å². The van der Waals surface area contributed by atoms with E-state index in [1.54, 1.807) is 6.20 Å². The summed E-state index contributed by atoms with van der Waals surface area (Å²) < 4.78 is 5.84. The number of aliphatic imine (C=N–C) groups is 1. The van der Waals surface area contributed by atoms with Crippen LogP contribution in [0.25, 0.3) is 0 Å². The van der Waals surface area contributed by atoms with Crippen molar-refractivity contribution in [3.63, 3.8) is 0 Å². The Bertz CT molecular complexity index is 583. The Morgan fingerprint density at radius 1 is 1.39 bits per heavy atom. The van der Waals surface area contributed by atoms with E-state index in [9.17, 15) is 15.3 Å². The van der Waals surface area contributed by atoms with Gasteiger partial charge in [0.15, 0.2) is 6.23 Å². The van der Waals surface area contributed by atoms with Crippen molar-refractivity contribution in [2.45, 2.75) is 31.0 Å². The zero-order valence-electron chi connectivity index (χ0n) is 13.6. The molecule has 8 heteroatoms. The van der Waals surface area contributed by atoms with Gasteiger partial charge in [-0.05, 0) is 25.9 Å². The molecule has 0 radical (unpaired) electrons. The second-order valence-electron chi connectivity index (χ2n) is 6.63. The van der Waals surface area contributed by atoms with Crippen LogP contribution in [-0.2, 0) is 4.74 Å². The molecule has 2 aliphatic rings. The van der Waals surface area contributed by atoms with E-state index in [0.717, 1.165) is 6.16 Å². The van der Waals surface area contributed by atoms with Gasteiger partial charge >= 0.3 is 0 Å². The summed E-state index contributed by atoms with van der Waals surface area (Å²) in [6.07, 6.45) is 3.79. The maximum atomic E-state index is 10.3. The monoisotopic (exact) mass is 343 g/mol. The minimum atomic E-state index is -1.24. The average molecular weight is 343 g/mol. The van der Waals surface area contributed by atoms with Crippen LogP contribution >= 0.6 is 6.89 Å². The first-order chi connectivity index (χ1) is 10.6. The Hall–Kier alpha value is -1.11. The van der Waals surface area contributed by atoms with Gasteiger partial charge in [0, 0.05) is 11.8 Å². The zero-order chi connectivity index (χ0) is 17.4. The lowest BCUT2D eigenvalue weighted by atomic mass is 10.1. The predicted octanol–water partition coefficient (Wildman–Crippen LogP) is -0.447. The van der Waals surface area contributed by atoms with E-state index in [1.807, 2.05) is 0 Å². The fourth-order valence-electron chi connectivity index (χ4n) is 2.59. The topological polar surface area (TPSA) is 112 Å². The van der Waals surface area contributed by atoms with Crippen molar-refractivity contribution in [3.05, 3.63) is 24.2 Å². The molecule has 130 valence electrons. The molecule has 0 saturated carbocycles. The van der Waals surface area contributed by atoms with Crippen molar-refractivity contribution in [3.8, 4) is 0 Å². The number of aliphatic hydroxyl groups is 3. The SMILES string of the molecule is C=C1N=C(N)C(CO)=CN1[C@@H]1OC(CCP(=C)(C)C)[C@@H](O)[C@H]1O. The lowest BCUT2D eigenvalue weighted by molar-refractivity contribution is -0.0582. The van der Waals surface area contributed by atoms with Gasteiger partial charge in [0.05, 0.1) is 12.7 Å². The van der Waals surface area contributed by atoms with Crippen LogP contribution in [0.15, 0.2) is 29.2 Å². The molecule has 0 aliphatic carbocycles. The van der Waals surface area contributed by atoms with Gasteiger partial charge in [-0.25, -0.2) is 4.99 Å². The average Bonchev–Trinajstić information content (AvgIpc) is 2.73. The van der Waals surface area contributed by atoms with Gasteiger partial charge in [0.25, 0.3) is 0 Å². The summed E-state index contributed by atoms with van der Waals surface area (Å²) in [4.78, 5) is 5.55. The third-order valence-electron chi connectivity index (χ3n) is 3.97. The number of hydrogen-bond donors (Lipinski definition) is 4. The molecule has 2 aliphatic heterocycles. The first-order valence-electron chi connectivity index (χ1n) is 7.46. The van der Waals surface area contributed by atoms with Crippen molar-refractivity contribution in [2.24, 2.45) is 10.7 Å². The van der Waals surface area contributed by atoms with E-state index >= 15 is 0 Å². The normalized spacial score (nSPS) is 32.0. The van der Waals surface area contributed by atoms with Gasteiger partial charge in [0.1, 0.15) is 23.9 Å². The molecule has 0 aromatic carbocycles. The Morgan fingerprint density at radius 2 is 2.04 bits per heavy atom. The van der Waals surface area contributed by atoms with Gasteiger partial charge in [-0.3, -0.25) is 0 Å². The highest BCUT2D eigenvalue weighted by Crippen LogP contribution is 2.38. The molecule has 23 heavy (non-hydrogen) atoms. The molecule has 2 heterocycles. The van der Waals surface area contributed by atoms with Crippen LogP contribution in [-0.4, -0.2) is 83.0 Å². The summed E-state index contributed by atoms with van der Waals surface area (Å²) in [6.45, 7) is 6.49. The van der Waals surface area contributed by atoms with Gasteiger partial charge in [-0.2, -0.15) is 0 Å². The standard InChI is InChI=1S/C15H26N3O4P/c1-9-17-14(16)10(8-19)7-18(9)15-13(21)12(20)11(22-15)5-6-23(2,3)4/h7,11-13,15,19-21H,1-2,5-6,8H2,3-4H3,(H2,16,17)/t11?,12-,13-,15-/m1/s1. The van der Waals surface area contributed by atoms with Crippen LogP contribution < -0.4 is 5.73 Å². The number of ether oxygens (including phenoxy) is 1. The number of aliphatic hydroxyl groups excluding tert-OH is 3. The van der Waals surface area contributed by atoms with E-state index in [1.165, 1.54) is 4.90 Å². The molecular weight excluding hydrogens is 317 g/mol. The first-order valence-corrected chi connectivity index (χ1v) is 10.5. The molecule has 4 atom stereocenters. The van der Waals surface area contributed by atoms with Gasteiger partial charge in [-0.1, -0.05) is 6.58 Å². The van der Waals surface area contributed by atoms with Crippen molar-refractivity contribution >= 4 is 19.0 Å². The molecule has 0 amide bonds. The number of rotatable bonds is 5. The van der Waals surface area contributed by atoms with Gasteiger partial charge in [-0.15, -0.1) is 13.2 Å². The van der Waals surface area contributed by atoms with Crippen LogP contribution in [0.1, 0.15) is 6.42 Å². The largest absolute Gasteiger partial charge is 0.391 e. The summed E-state index contributed by atoms with van der Waals surface area (Å²) in [5, 5.41) is 29.9. The molecule has 1 fully saturated rings. The smallest absolute Gasteiger partial charge is 0.164 e. The van der Waals surface area contributed by atoms with E-state index < -0.39 is 31.4 Å². The van der Waals surface area contributed by atoms with Crippen molar-refractivity contribution < 1.29 is 20.1 Å². The Morgan fingerprint density at radius 3 is 2.61 bits per heavy atom. The molecule has 2 rings (SSSR count). The van der Waals surface area contributed by atoms with E-state index in [0.29, 0.717) is 17.8 Å². The Labute approximate surface area is 136 Å². The van der Waals surface area contributed by atoms with Crippen LogP contribution in [0.3, 0.4) is 0 Å². The fraction of sp³-hybridized carbons (Fsp3) is 0.600. The van der Waals surface area contributed by atoms with E-state index in [2.05, 4.69) is 31.2 Å². The molecule has 5 N–H and O–H groups in total. The summed E-state index contributed by atoms with van der Waals surface area (Å²) >= 11 is 0. The number of amidine groups is 1. The number of hydrogen-bond acceptors (Lipinski definition) is 7. The molecular formula is C15H26N3O4P. The van der Waals surface area contributed by atoms with Crippen molar-refractivity contribution in [1.29, 1.82) is 0 Å². The van der Waals surface area contributed by atoms with Crippen LogP contribution in [0.4, 0.5) is 0 Å². The molecule has 7 nitrogen and oxygen atoms in total. The quantitative estimate of drug-likeness (QED) is 0.503. The molecule has 1 unspecified atom stereocenters. The molecule has 0 bridgehead atoms. The number of nitrogens with two attached hydrogens (primary N) is 1. The summed E-state index contributed by atoms with van der Waals surface area (Å²) in [7, 11) is 0. The highest BCUT2D eigenvalue weighted by atomic mass is 31.2. The summed E-state index contributed by atoms with van der Waals surface area (Å²) in [6, 6.07) is 0. The molecule has 0 aromatic heterocycles. The van der Waals surface area contributed by atoms with E-state index in [4.69, 9.17) is 10.5 Å². The second-order valence-corrected chi connectivity index (χ2v) is 10.9. The minimum absolute atomic E-state index is 0.182. The Kier molecular flexibility index (Phi) is 5.38.